The average Bonchev–Trinajstić information content (AvgIpc) is 2.76. The Kier molecular flexibility index (Phi) is 9.06. The highest BCUT2D eigenvalue weighted by molar-refractivity contribution is 5.89. The van der Waals surface area contributed by atoms with Crippen molar-refractivity contribution in [3.05, 3.63) is 72.1 Å². The number of ketones is 1. The number of benzene rings is 1. The summed E-state index contributed by atoms with van der Waals surface area (Å²) in [7, 11) is 0. The van der Waals surface area contributed by atoms with Crippen LogP contribution in [0.15, 0.2) is 55.3 Å². The number of halogens is 6. The van der Waals surface area contributed by atoms with E-state index >= 15 is 0 Å². The second-order valence-corrected chi connectivity index (χ2v) is 7.91. The Hall–Kier alpha value is -3.37. The van der Waals surface area contributed by atoms with E-state index in [0.717, 1.165) is 29.8 Å². The Bertz CT molecular complexity index is 1020. The summed E-state index contributed by atoms with van der Waals surface area (Å²) in [6.07, 6.45) is -10.2. The largest absolute Gasteiger partial charge is 0.494 e. The van der Waals surface area contributed by atoms with Gasteiger partial charge in [0.25, 0.3) is 0 Å². The SMILES string of the molecule is C=CC(=O)N[C@@](CC(=O)Cc1ccc(C)cn1)(c1ccc(OCCCC(F)(F)F)cc1)C(F)(F)F. The van der Waals surface area contributed by atoms with Crippen molar-refractivity contribution in [3.8, 4) is 5.75 Å². The molecule has 1 amide bonds. The number of carbonyl (C=O) groups is 2. The first-order valence-electron chi connectivity index (χ1n) is 10.5. The van der Waals surface area contributed by atoms with Gasteiger partial charge in [0.2, 0.25) is 5.91 Å². The minimum absolute atomic E-state index is 0.0391. The van der Waals surface area contributed by atoms with Crippen molar-refractivity contribution >= 4 is 11.7 Å². The maximum Gasteiger partial charge on any atom is 0.416 e. The lowest BCUT2D eigenvalue weighted by atomic mass is 9.83. The highest BCUT2D eigenvalue weighted by Crippen LogP contribution is 2.42. The second-order valence-electron chi connectivity index (χ2n) is 7.91. The first-order valence-corrected chi connectivity index (χ1v) is 10.5. The number of alkyl halides is 6. The molecule has 190 valence electrons. The number of ether oxygens (including phenoxy) is 1. The Morgan fingerprint density at radius 2 is 1.71 bits per heavy atom. The first kappa shape index (κ1) is 27.9. The Morgan fingerprint density at radius 1 is 1.06 bits per heavy atom. The number of carbonyl (C=O) groups excluding carboxylic acids is 2. The summed E-state index contributed by atoms with van der Waals surface area (Å²) in [5, 5.41) is 1.86. The number of hydrogen-bond donors (Lipinski definition) is 1. The molecular weight excluding hydrogens is 478 g/mol. The lowest BCUT2D eigenvalue weighted by Crippen LogP contribution is -2.57. The Morgan fingerprint density at radius 3 is 2.23 bits per heavy atom. The molecule has 0 spiro atoms. The number of nitrogens with zero attached hydrogens (tertiary/aromatic N) is 1. The van der Waals surface area contributed by atoms with Crippen molar-refractivity contribution < 1.29 is 40.7 Å². The summed E-state index contributed by atoms with van der Waals surface area (Å²) < 4.78 is 85.1. The fourth-order valence-corrected chi connectivity index (χ4v) is 3.28. The number of aromatic nitrogens is 1. The second kappa shape index (κ2) is 11.4. The normalized spacial score (nSPS) is 13.6. The lowest BCUT2D eigenvalue weighted by molar-refractivity contribution is -0.204. The highest BCUT2D eigenvalue weighted by atomic mass is 19.4. The zero-order valence-corrected chi connectivity index (χ0v) is 18.8. The number of Topliss-reactive ketones (excluding diaryl/α,β-unsaturated/α-hetero) is 1. The van der Waals surface area contributed by atoms with Crippen LogP contribution in [-0.4, -0.2) is 35.6 Å². The van der Waals surface area contributed by atoms with E-state index in [1.54, 1.807) is 13.0 Å². The maximum absolute atomic E-state index is 14.4. The number of rotatable bonds is 11. The molecule has 0 radical (unpaired) electrons. The van der Waals surface area contributed by atoms with Crippen molar-refractivity contribution in [1.82, 2.24) is 10.3 Å². The van der Waals surface area contributed by atoms with Gasteiger partial charge in [-0.1, -0.05) is 24.8 Å². The third kappa shape index (κ3) is 8.11. The van der Waals surface area contributed by atoms with Gasteiger partial charge >= 0.3 is 12.4 Å². The van der Waals surface area contributed by atoms with E-state index in [1.807, 2.05) is 5.32 Å². The summed E-state index contributed by atoms with van der Waals surface area (Å²) in [6.45, 7) is 4.65. The van der Waals surface area contributed by atoms with E-state index in [2.05, 4.69) is 11.6 Å². The molecule has 0 saturated carbocycles. The van der Waals surface area contributed by atoms with E-state index in [9.17, 15) is 35.9 Å². The van der Waals surface area contributed by atoms with E-state index in [-0.39, 0.29) is 30.9 Å². The third-order valence-corrected chi connectivity index (χ3v) is 5.04. The molecule has 1 aromatic heterocycles. The molecule has 1 atom stereocenters. The zero-order chi connectivity index (χ0) is 26.3. The molecule has 0 aliphatic heterocycles. The van der Waals surface area contributed by atoms with Crippen molar-refractivity contribution in [3.63, 3.8) is 0 Å². The number of pyridine rings is 1. The van der Waals surface area contributed by atoms with Crippen LogP contribution < -0.4 is 10.1 Å². The van der Waals surface area contributed by atoms with Crippen LogP contribution in [0.2, 0.25) is 0 Å². The van der Waals surface area contributed by atoms with Crippen molar-refractivity contribution in [2.45, 2.75) is 50.5 Å². The Balaban J connectivity index is 2.30. The highest BCUT2D eigenvalue weighted by Gasteiger charge is 2.57. The zero-order valence-electron chi connectivity index (χ0n) is 18.8. The number of aryl methyl sites for hydroxylation is 1. The maximum atomic E-state index is 14.4. The van der Waals surface area contributed by atoms with Gasteiger partial charge in [-0.2, -0.15) is 26.3 Å². The van der Waals surface area contributed by atoms with Crippen LogP contribution in [0, 0.1) is 6.92 Å². The molecule has 2 rings (SSSR count). The van der Waals surface area contributed by atoms with E-state index in [1.165, 1.54) is 12.3 Å². The summed E-state index contributed by atoms with van der Waals surface area (Å²) in [6, 6.07) is 7.47. The van der Waals surface area contributed by atoms with E-state index in [4.69, 9.17) is 4.74 Å². The fraction of sp³-hybridized carbons (Fsp3) is 0.375. The first-order chi connectivity index (χ1) is 16.3. The van der Waals surface area contributed by atoms with Crippen LogP contribution >= 0.6 is 0 Å². The molecule has 0 fully saturated rings. The molecule has 0 aliphatic rings. The topological polar surface area (TPSA) is 68.3 Å². The molecule has 11 heteroatoms. The molecule has 1 heterocycles. The Labute approximate surface area is 198 Å². The minimum Gasteiger partial charge on any atom is -0.494 e. The summed E-state index contributed by atoms with van der Waals surface area (Å²) in [4.78, 5) is 28.7. The monoisotopic (exact) mass is 502 g/mol. The van der Waals surface area contributed by atoms with Gasteiger partial charge in [-0.25, -0.2) is 0 Å². The van der Waals surface area contributed by atoms with Gasteiger partial charge < -0.3 is 10.1 Å². The standard InChI is InChI=1S/C24H24F6N2O3/c1-3-21(34)32-22(24(28,29)30,14-19(33)13-18-8-5-16(2)15-31-18)17-6-9-20(10-7-17)35-12-4-11-23(25,26)27/h3,5-10,15H,1,4,11-14H2,2H3,(H,32,34)/t22-/m0/s1. The predicted molar refractivity (Wildman–Crippen MR) is 116 cm³/mol. The van der Waals surface area contributed by atoms with Gasteiger partial charge in [0, 0.05) is 31.2 Å². The van der Waals surface area contributed by atoms with E-state index in [0.29, 0.717) is 6.08 Å². The van der Waals surface area contributed by atoms with Crippen molar-refractivity contribution in [2.75, 3.05) is 6.61 Å². The van der Waals surface area contributed by atoms with Crippen LogP contribution in [0.1, 0.15) is 36.1 Å². The fourth-order valence-electron chi connectivity index (χ4n) is 3.28. The molecule has 1 N–H and O–H groups in total. The van der Waals surface area contributed by atoms with Gasteiger partial charge in [-0.15, -0.1) is 0 Å². The van der Waals surface area contributed by atoms with Crippen molar-refractivity contribution in [1.29, 1.82) is 0 Å². The predicted octanol–water partition coefficient (Wildman–Crippen LogP) is 5.37. The summed E-state index contributed by atoms with van der Waals surface area (Å²) in [5.41, 5.74) is -2.44. The van der Waals surface area contributed by atoms with Crippen LogP contribution in [0.4, 0.5) is 26.3 Å². The van der Waals surface area contributed by atoms with Gasteiger partial charge in [0.15, 0.2) is 5.54 Å². The summed E-state index contributed by atoms with van der Waals surface area (Å²) >= 11 is 0. The number of amides is 1. The third-order valence-electron chi connectivity index (χ3n) is 5.04. The molecular formula is C24H24F6N2O3. The number of hydrogen-bond acceptors (Lipinski definition) is 4. The smallest absolute Gasteiger partial charge is 0.416 e. The van der Waals surface area contributed by atoms with E-state index < -0.39 is 48.0 Å². The average molecular weight is 502 g/mol. The van der Waals surface area contributed by atoms with Gasteiger partial charge in [-0.3, -0.25) is 14.6 Å². The molecule has 5 nitrogen and oxygen atoms in total. The minimum atomic E-state index is -5.09. The van der Waals surface area contributed by atoms with Gasteiger partial charge in [0.1, 0.15) is 11.5 Å². The van der Waals surface area contributed by atoms with Gasteiger partial charge in [-0.05, 0) is 48.7 Å². The van der Waals surface area contributed by atoms with Gasteiger partial charge in [0.05, 0.1) is 6.61 Å². The molecule has 35 heavy (non-hydrogen) atoms. The summed E-state index contributed by atoms with van der Waals surface area (Å²) in [5.74, 6) is -1.93. The number of nitrogens with one attached hydrogen (secondary N) is 1. The molecule has 0 bridgehead atoms. The molecule has 0 saturated heterocycles. The molecule has 0 unspecified atom stereocenters. The van der Waals surface area contributed by atoms with Crippen LogP contribution in [0.5, 0.6) is 5.75 Å². The van der Waals surface area contributed by atoms with Crippen molar-refractivity contribution in [2.24, 2.45) is 0 Å². The van der Waals surface area contributed by atoms with Crippen LogP contribution in [-0.2, 0) is 21.5 Å². The molecule has 0 aliphatic carbocycles. The quantitative estimate of drug-likeness (QED) is 0.255. The van der Waals surface area contributed by atoms with Crippen LogP contribution in [0.25, 0.3) is 0 Å². The molecule has 2 aromatic rings. The van der Waals surface area contributed by atoms with Crippen LogP contribution in [0.3, 0.4) is 0 Å². The lowest BCUT2D eigenvalue weighted by Gasteiger charge is -2.36. The molecule has 1 aromatic carbocycles.